The van der Waals surface area contributed by atoms with Gasteiger partial charge in [-0.2, -0.15) is 0 Å². The van der Waals surface area contributed by atoms with Crippen molar-refractivity contribution in [2.75, 3.05) is 6.61 Å². The molecule has 0 aliphatic carbocycles. The van der Waals surface area contributed by atoms with E-state index in [-0.39, 0.29) is 24.5 Å². The van der Waals surface area contributed by atoms with Gasteiger partial charge < -0.3 is 15.0 Å². The van der Waals surface area contributed by atoms with Gasteiger partial charge in [0.05, 0.1) is 0 Å². The van der Waals surface area contributed by atoms with E-state index >= 15 is 0 Å². The molecule has 0 aliphatic heterocycles. The van der Waals surface area contributed by atoms with Crippen molar-refractivity contribution >= 4 is 11.8 Å². The monoisotopic (exact) mass is 410 g/mol. The summed E-state index contributed by atoms with van der Waals surface area (Å²) in [6, 6.07) is 17.0. The Kier molecular flexibility index (Phi) is 8.90. The van der Waals surface area contributed by atoms with Crippen molar-refractivity contribution < 1.29 is 14.3 Å². The number of amides is 2. The van der Waals surface area contributed by atoms with Crippen LogP contribution in [0.25, 0.3) is 0 Å². The standard InChI is InChI=1S/C25H34N2O3/c1-6-23(25(29)26-19(4)5)27(16-20-10-8-7-9-11-20)24(28)17-30-22-14-12-21(13-15-22)18(2)3/h7-15,18-19,23H,6,16-17H2,1-5H3,(H,26,29)/t23-/m1/s1. The Morgan fingerprint density at radius 2 is 1.60 bits per heavy atom. The molecular weight excluding hydrogens is 376 g/mol. The summed E-state index contributed by atoms with van der Waals surface area (Å²) in [6.45, 7) is 10.3. The van der Waals surface area contributed by atoms with Crippen LogP contribution in [0.4, 0.5) is 0 Å². The third-order valence-electron chi connectivity index (χ3n) is 4.92. The first kappa shape index (κ1) is 23.5. The van der Waals surface area contributed by atoms with E-state index in [2.05, 4.69) is 19.2 Å². The van der Waals surface area contributed by atoms with Gasteiger partial charge in [-0.05, 0) is 49.4 Å². The van der Waals surface area contributed by atoms with Crippen LogP contribution >= 0.6 is 0 Å². The number of nitrogens with one attached hydrogen (secondary N) is 1. The first-order chi connectivity index (χ1) is 14.3. The van der Waals surface area contributed by atoms with Gasteiger partial charge >= 0.3 is 0 Å². The molecule has 0 bridgehead atoms. The van der Waals surface area contributed by atoms with Gasteiger partial charge in [0.25, 0.3) is 5.91 Å². The summed E-state index contributed by atoms with van der Waals surface area (Å²) in [5, 5.41) is 2.93. The Bertz CT molecular complexity index is 801. The Morgan fingerprint density at radius 1 is 0.967 bits per heavy atom. The third-order valence-corrected chi connectivity index (χ3v) is 4.92. The van der Waals surface area contributed by atoms with Gasteiger partial charge in [-0.3, -0.25) is 9.59 Å². The number of hydrogen-bond acceptors (Lipinski definition) is 3. The lowest BCUT2D eigenvalue weighted by atomic mass is 10.0. The number of benzene rings is 2. The highest BCUT2D eigenvalue weighted by molar-refractivity contribution is 5.88. The molecule has 0 spiro atoms. The van der Waals surface area contributed by atoms with Crippen LogP contribution < -0.4 is 10.1 Å². The average molecular weight is 411 g/mol. The molecule has 2 aromatic carbocycles. The lowest BCUT2D eigenvalue weighted by Crippen LogP contribution is -2.51. The number of rotatable bonds is 10. The van der Waals surface area contributed by atoms with Crippen LogP contribution in [-0.4, -0.2) is 35.4 Å². The molecule has 2 amide bonds. The van der Waals surface area contributed by atoms with Crippen molar-refractivity contribution in [3.05, 3.63) is 65.7 Å². The van der Waals surface area contributed by atoms with E-state index in [1.165, 1.54) is 5.56 Å². The van der Waals surface area contributed by atoms with Crippen molar-refractivity contribution in [1.82, 2.24) is 10.2 Å². The van der Waals surface area contributed by atoms with Gasteiger partial charge in [0.1, 0.15) is 11.8 Å². The minimum absolute atomic E-state index is 0.0101. The number of hydrogen-bond donors (Lipinski definition) is 1. The van der Waals surface area contributed by atoms with Crippen molar-refractivity contribution in [3.63, 3.8) is 0 Å². The number of carbonyl (C=O) groups is 2. The molecule has 0 saturated carbocycles. The van der Waals surface area contributed by atoms with E-state index in [1.54, 1.807) is 4.90 Å². The van der Waals surface area contributed by atoms with Gasteiger partial charge in [-0.1, -0.05) is 63.2 Å². The largest absolute Gasteiger partial charge is 0.484 e. The molecule has 1 N–H and O–H groups in total. The Morgan fingerprint density at radius 3 is 2.13 bits per heavy atom. The van der Waals surface area contributed by atoms with Crippen molar-refractivity contribution in [2.24, 2.45) is 0 Å². The molecule has 0 fully saturated rings. The molecule has 1 atom stereocenters. The predicted molar refractivity (Wildman–Crippen MR) is 120 cm³/mol. The highest BCUT2D eigenvalue weighted by Crippen LogP contribution is 2.19. The minimum Gasteiger partial charge on any atom is -0.484 e. The fourth-order valence-corrected chi connectivity index (χ4v) is 3.26. The summed E-state index contributed by atoms with van der Waals surface area (Å²) < 4.78 is 5.75. The summed E-state index contributed by atoms with van der Waals surface area (Å²) in [7, 11) is 0. The predicted octanol–water partition coefficient (Wildman–Crippen LogP) is 4.52. The van der Waals surface area contributed by atoms with Crippen LogP contribution in [0.1, 0.15) is 58.1 Å². The second-order valence-electron chi connectivity index (χ2n) is 8.11. The second-order valence-corrected chi connectivity index (χ2v) is 8.11. The SMILES string of the molecule is CC[C@H](C(=O)NC(C)C)N(Cc1ccccc1)C(=O)COc1ccc(C(C)C)cc1. The zero-order chi connectivity index (χ0) is 22.1. The van der Waals surface area contributed by atoms with E-state index in [1.807, 2.05) is 75.4 Å². The molecule has 0 aliphatic rings. The molecule has 0 aromatic heterocycles. The molecule has 5 nitrogen and oxygen atoms in total. The van der Waals surface area contributed by atoms with Gasteiger partial charge in [0.2, 0.25) is 5.91 Å². The summed E-state index contributed by atoms with van der Waals surface area (Å²) in [5.74, 6) is 0.731. The van der Waals surface area contributed by atoms with E-state index in [0.717, 1.165) is 5.56 Å². The number of carbonyl (C=O) groups excluding carboxylic acids is 2. The molecule has 0 saturated heterocycles. The molecule has 0 radical (unpaired) electrons. The van der Waals surface area contributed by atoms with Gasteiger partial charge in [-0.15, -0.1) is 0 Å². The van der Waals surface area contributed by atoms with E-state index in [4.69, 9.17) is 4.74 Å². The van der Waals surface area contributed by atoms with E-state index < -0.39 is 6.04 Å². The Hall–Kier alpha value is -2.82. The maximum Gasteiger partial charge on any atom is 0.261 e. The zero-order valence-electron chi connectivity index (χ0n) is 18.7. The van der Waals surface area contributed by atoms with Crippen LogP contribution in [0.2, 0.25) is 0 Å². The van der Waals surface area contributed by atoms with Crippen molar-refractivity contribution in [3.8, 4) is 5.75 Å². The maximum atomic E-state index is 13.1. The summed E-state index contributed by atoms with van der Waals surface area (Å²) in [6.07, 6.45) is 0.528. The Balaban J connectivity index is 2.15. The fraction of sp³-hybridized carbons (Fsp3) is 0.440. The third kappa shape index (κ3) is 6.90. The summed E-state index contributed by atoms with van der Waals surface area (Å²) in [5.41, 5.74) is 2.19. The van der Waals surface area contributed by atoms with Crippen LogP contribution in [-0.2, 0) is 16.1 Å². The first-order valence-corrected chi connectivity index (χ1v) is 10.7. The molecule has 2 aromatic rings. The van der Waals surface area contributed by atoms with Crippen LogP contribution in [0.15, 0.2) is 54.6 Å². The van der Waals surface area contributed by atoms with Crippen LogP contribution in [0, 0.1) is 0 Å². The summed E-state index contributed by atoms with van der Waals surface area (Å²) in [4.78, 5) is 27.5. The molecule has 5 heteroatoms. The fourth-order valence-electron chi connectivity index (χ4n) is 3.26. The van der Waals surface area contributed by atoms with Crippen LogP contribution in [0.3, 0.4) is 0 Å². The molecule has 30 heavy (non-hydrogen) atoms. The van der Waals surface area contributed by atoms with E-state index in [0.29, 0.717) is 24.6 Å². The van der Waals surface area contributed by atoms with Gasteiger partial charge in [0.15, 0.2) is 6.61 Å². The van der Waals surface area contributed by atoms with Gasteiger partial charge in [-0.25, -0.2) is 0 Å². The smallest absolute Gasteiger partial charge is 0.261 e. The maximum absolute atomic E-state index is 13.1. The summed E-state index contributed by atoms with van der Waals surface area (Å²) >= 11 is 0. The molecule has 0 heterocycles. The minimum atomic E-state index is -0.549. The van der Waals surface area contributed by atoms with Gasteiger partial charge in [0, 0.05) is 12.6 Å². The average Bonchev–Trinajstić information content (AvgIpc) is 2.72. The number of ether oxygens (including phenoxy) is 1. The lowest BCUT2D eigenvalue weighted by molar-refractivity contribution is -0.143. The first-order valence-electron chi connectivity index (χ1n) is 10.7. The topological polar surface area (TPSA) is 58.6 Å². The van der Waals surface area contributed by atoms with E-state index in [9.17, 15) is 9.59 Å². The molecule has 2 rings (SSSR count). The normalized spacial score (nSPS) is 12.0. The highest BCUT2D eigenvalue weighted by Gasteiger charge is 2.29. The molecule has 0 unspecified atom stereocenters. The lowest BCUT2D eigenvalue weighted by Gasteiger charge is -2.31. The quantitative estimate of drug-likeness (QED) is 0.626. The second kappa shape index (κ2) is 11.4. The molecular formula is C25H34N2O3. The zero-order valence-corrected chi connectivity index (χ0v) is 18.7. The highest BCUT2D eigenvalue weighted by atomic mass is 16.5. The number of nitrogens with zero attached hydrogens (tertiary/aromatic N) is 1. The van der Waals surface area contributed by atoms with Crippen molar-refractivity contribution in [1.29, 1.82) is 0 Å². The van der Waals surface area contributed by atoms with Crippen LogP contribution in [0.5, 0.6) is 5.75 Å². The van der Waals surface area contributed by atoms with Crippen molar-refractivity contribution in [2.45, 2.75) is 65.6 Å². The Labute approximate surface area is 180 Å². The molecule has 162 valence electrons.